The van der Waals surface area contributed by atoms with E-state index in [0.717, 1.165) is 23.8 Å². The normalized spacial score (nSPS) is 15.8. The third-order valence-electron chi connectivity index (χ3n) is 2.21. The monoisotopic (exact) mass is 179 g/mol. The number of hydrogen-bond acceptors (Lipinski definition) is 3. The average Bonchev–Trinajstić information content (AvgIpc) is 2.99. The van der Waals surface area contributed by atoms with E-state index in [0.29, 0.717) is 0 Å². The molecule has 1 saturated carbocycles. The fraction of sp³-hybridized carbons (Fsp3) is 0.500. The molecule has 0 radical (unpaired) electrons. The van der Waals surface area contributed by atoms with Gasteiger partial charge in [-0.2, -0.15) is 0 Å². The first kappa shape index (κ1) is 8.51. The zero-order valence-electron chi connectivity index (χ0n) is 7.44. The summed E-state index contributed by atoms with van der Waals surface area (Å²) in [5.74, 6) is 1.45. The minimum absolute atomic E-state index is 0.0164. The van der Waals surface area contributed by atoms with Gasteiger partial charge in [0.15, 0.2) is 0 Å². The molecule has 3 nitrogen and oxygen atoms in total. The Balaban J connectivity index is 1.99. The van der Waals surface area contributed by atoms with Crippen LogP contribution in [0.2, 0.25) is 0 Å². The Morgan fingerprint density at radius 3 is 3.08 bits per heavy atom. The molecule has 0 aliphatic heterocycles. The maximum Gasteiger partial charge on any atom is 0.143 e. The first-order chi connectivity index (χ1) is 6.40. The van der Waals surface area contributed by atoms with Gasteiger partial charge >= 0.3 is 0 Å². The van der Waals surface area contributed by atoms with Crippen LogP contribution >= 0.6 is 0 Å². The standard InChI is InChI=1S/C10H13NO2/c12-6-9-3-4-11-5-10(9)13-7-8-1-2-8/h3-5,8,12H,1-2,6-7H2. The fourth-order valence-electron chi connectivity index (χ4n) is 1.16. The van der Waals surface area contributed by atoms with E-state index in [9.17, 15) is 0 Å². The van der Waals surface area contributed by atoms with Crippen LogP contribution in [0, 0.1) is 5.92 Å². The number of rotatable bonds is 4. The molecule has 13 heavy (non-hydrogen) atoms. The predicted molar refractivity (Wildman–Crippen MR) is 48.4 cm³/mol. The second-order valence-electron chi connectivity index (χ2n) is 3.40. The number of aliphatic hydroxyl groups excluding tert-OH is 1. The Morgan fingerprint density at radius 2 is 2.38 bits per heavy atom. The zero-order chi connectivity index (χ0) is 9.10. The van der Waals surface area contributed by atoms with Crippen molar-refractivity contribution in [2.45, 2.75) is 19.4 Å². The summed E-state index contributed by atoms with van der Waals surface area (Å²) < 4.78 is 5.53. The van der Waals surface area contributed by atoms with Gasteiger partial charge in [0, 0.05) is 11.8 Å². The van der Waals surface area contributed by atoms with Crippen LogP contribution in [0.15, 0.2) is 18.5 Å². The number of hydrogen-bond donors (Lipinski definition) is 1. The van der Waals surface area contributed by atoms with Crippen molar-refractivity contribution < 1.29 is 9.84 Å². The van der Waals surface area contributed by atoms with Gasteiger partial charge in [0.25, 0.3) is 0 Å². The van der Waals surface area contributed by atoms with Crippen LogP contribution < -0.4 is 4.74 Å². The lowest BCUT2D eigenvalue weighted by atomic mass is 10.2. The molecule has 0 saturated heterocycles. The van der Waals surface area contributed by atoms with Crippen LogP contribution in [0.25, 0.3) is 0 Å². The highest BCUT2D eigenvalue weighted by Crippen LogP contribution is 2.30. The summed E-state index contributed by atoms with van der Waals surface area (Å²) in [4.78, 5) is 3.96. The molecule has 1 N–H and O–H groups in total. The predicted octanol–water partition coefficient (Wildman–Crippen LogP) is 1.36. The number of nitrogens with zero attached hydrogens (tertiary/aromatic N) is 1. The summed E-state index contributed by atoms with van der Waals surface area (Å²) >= 11 is 0. The third kappa shape index (κ3) is 2.18. The highest BCUT2D eigenvalue weighted by atomic mass is 16.5. The summed E-state index contributed by atoms with van der Waals surface area (Å²) in [7, 11) is 0. The fourth-order valence-corrected chi connectivity index (χ4v) is 1.16. The van der Waals surface area contributed by atoms with Crippen molar-refractivity contribution in [1.82, 2.24) is 4.98 Å². The molecule has 0 spiro atoms. The lowest BCUT2D eigenvalue weighted by Crippen LogP contribution is -2.02. The van der Waals surface area contributed by atoms with Gasteiger partial charge in [-0.25, -0.2) is 0 Å². The van der Waals surface area contributed by atoms with Crippen LogP contribution in [0.4, 0.5) is 0 Å². The van der Waals surface area contributed by atoms with Crippen molar-refractivity contribution in [2.75, 3.05) is 6.61 Å². The lowest BCUT2D eigenvalue weighted by molar-refractivity contribution is 0.257. The van der Waals surface area contributed by atoms with Crippen molar-refractivity contribution >= 4 is 0 Å². The minimum atomic E-state index is 0.0164. The number of aromatic nitrogens is 1. The first-order valence-corrected chi connectivity index (χ1v) is 4.56. The third-order valence-corrected chi connectivity index (χ3v) is 2.21. The molecule has 1 heterocycles. The van der Waals surface area contributed by atoms with E-state index in [1.54, 1.807) is 18.5 Å². The van der Waals surface area contributed by atoms with Gasteiger partial charge in [-0.15, -0.1) is 0 Å². The van der Waals surface area contributed by atoms with E-state index >= 15 is 0 Å². The Hall–Kier alpha value is -1.09. The summed E-state index contributed by atoms with van der Waals surface area (Å²) in [6.07, 6.45) is 5.87. The lowest BCUT2D eigenvalue weighted by Gasteiger charge is -2.07. The Bertz CT molecular complexity index is 284. The molecular formula is C10H13NO2. The van der Waals surface area contributed by atoms with Gasteiger partial charge in [-0.3, -0.25) is 4.98 Å². The van der Waals surface area contributed by atoms with Crippen molar-refractivity contribution in [1.29, 1.82) is 0 Å². The molecule has 2 rings (SSSR count). The van der Waals surface area contributed by atoms with Crippen LogP contribution in [-0.2, 0) is 6.61 Å². The van der Waals surface area contributed by atoms with Gasteiger partial charge in [0.2, 0.25) is 0 Å². The molecule has 0 unspecified atom stereocenters. The molecule has 0 atom stereocenters. The van der Waals surface area contributed by atoms with E-state index < -0.39 is 0 Å². The second-order valence-corrected chi connectivity index (χ2v) is 3.40. The molecule has 0 bridgehead atoms. The number of aliphatic hydroxyl groups is 1. The highest BCUT2D eigenvalue weighted by Gasteiger charge is 2.22. The van der Waals surface area contributed by atoms with Gasteiger partial charge in [0.05, 0.1) is 19.4 Å². The molecule has 1 aliphatic carbocycles. The van der Waals surface area contributed by atoms with Crippen molar-refractivity contribution in [2.24, 2.45) is 5.92 Å². The van der Waals surface area contributed by atoms with Gasteiger partial charge in [-0.1, -0.05) is 0 Å². The van der Waals surface area contributed by atoms with Gasteiger partial charge in [0.1, 0.15) is 5.75 Å². The molecular weight excluding hydrogens is 166 g/mol. The van der Waals surface area contributed by atoms with Crippen LogP contribution in [-0.4, -0.2) is 16.7 Å². The molecule has 1 fully saturated rings. The van der Waals surface area contributed by atoms with Crippen molar-refractivity contribution in [3.8, 4) is 5.75 Å². The summed E-state index contributed by atoms with van der Waals surface area (Å²) in [6, 6.07) is 1.78. The van der Waals surface area contributed by atoms with Crippen molar-refractivity contribution in [3.63, 3.8) is 0 Å². The van der Waals surface area contributed by atoms with Crippen LogP contribution in [0.3, 0.4) is 0 Å². The summed E-state index contributed by atoms with van der Waals surface area (Å²) in [5.41, 5.74) is 0.815. The Kier molecular flexibility index (Phi) is 2.45. The summed E-state index contributed by atoms with van der Waals surface area (Å²) in [6.45, 7) is 0.779. The quantitative estimate of drug-likeness (QED) is 0.758. The van der Waals surface area contributed by atoms with E-state index in [1.165, 1.54) is 12.8 Å². The van der Waals surface area contributed by atoms with E-state index in [-0.39, 0.29) is 6.61 Å². The topological polar surface area (TPSA) is 42.4 Å². The molecule has 3 heteroatoms. The number of pyridine rings is 1. The zero-order valence-corrected chi connectivity index (χ0v) is 7.44. The van der Waals surface area contributed by atoms with Crippen LogP contribution in [0.1, 0.15) is 18.4 Å². The van der Waals surface area contributed by atoms with Crippen molar-refractivity contribution in [3.05, 3.63) is 24.0 Å². The smallest absolute Gasteiger partial charge is 0.143 e. The van der Waals surface area contributed by atoms with E-state index in [1.807, 2.05) is 0 Å². The molecule has 70 valence electrons. The number of ether oxygens (including phenoxy) is 1. The first-order valence-electron chi connectivity index (χ1n) is 4.56. The Morgan fingerprint density at radius 1 is 1.54 bits per heavy atom. The largest absolute Gasteiger partial charge is 0.491 e. The van der Waals surface area contributed by atoms with Crippen LogP contribution in [0.5, 0.6) is 5.75 Å². The molecule has 0 aromatic carbocycles. The van der Waals surface area contributed by atoms with Gasteiger partial charge < -0.3 is 9.84 Å². The van der Waals surface area contributed by atoms with E-state index in [4.69, 9.17) is 9.84 Å². The molecule has 0 amide bonds. The second kappa shape index (κ2) is 3.75. The average molecular weight is 179 g/mol. The maximum atomic E-state index is 8.99. The summed E-state index contributed by atoms with van der Waals surface area (Å²) in [5, 5.41) is 8.99. The Labute approximate surface area is 77.4 Å². The van der Waals surface area contributed by atoms with Gasteiger partial charge in [-0.05, 0) is 24.8 Å². The molecule has 1 aromatic rings. The highest BCUT2D eigenvalue weighted by molar-refractivity contribution is 5.28. The maximum absolute atomic E-state index is 8.99. The van der Waals surface area contributed by atoms with E-state index in [2.05, 4.69) is 4.98 Å². The minimum Gasteiger partial charge on any atom is -0.491 e. The molecule has 1 aliphatic rings. The molecule has 1 aromatic heterocycles. The SMILES string of the molecule is OCc1ccncc1OCC1CC1.